The lowest BCUT2D eigenvalue weighted by atomic mass is 10.0. The van der Waals surface area contributed by atoms with Crippen molar-refractivity contribution in [1.29, 1.82) is 0 Å². The zero-order valence-corrected chi connectivity index (χ0v) is 13.3. The van der Waals surface area contributed by atoms with Crippen molar-refractivity contribution in [2.75, 3.05) is 6.61 Å². The van der Waals surface area contributed by atoms with Crippen molar-refractivity contribution >= 4 is 5.97 Å². The molecule has 8 heteroatoms. The molecule has 0 amide bonds. The van der Waals surface area contributed by atoms with Gasteiger partial charge in [-0.25, -0.2) is 9.59 Å². The van der Waals surface area contributed by atoms with Gasteiger partial charge in [-0.15, -0.1) is 0 Å². The second kappa shape index (κ2) is 7.45. The number of ether oxygens (including phenoxy) is 2. The smallest absolute Gasteiger partial charge is 0.338 e. The van der Waals surface area contributed by atoms with Crippen LogP contribution < -0.4 is 11.2 Å². The first kappa shape index (κ1) is 17.1. The summed E-state index contributed by atoms with van der Waals surface area (Å²) in [6.07, 6.45) is 0.0317. The molecule has 0 aliphatic carbocycles. The monoisotopic (exact) mass is 346 g/mol. The third-order valence-electron chi connectivity index (χ3n) is 3.99. The average Bonchev–Trinajstić information content (AvgIpc) is 2.62. The van der Waals surface area contributed by atoms with Crippen LogP contribution >= 0.6 is 0 Å². The van der Waals surface area contributed by atoms with E-state index in [1.54, 1.807) is 30.3 Å². The van der Waals surface area contributed by atoms with Crippen LogP contribution in [0.2, 0.25) is 0 Å². The molecule has 1 aromatic heterocycles. The third-order valence-corrected chi connectivity index (χ3v) is 3.99. The molecular formula is C17H18N2O6. The number of hydrogen-bond donors (Lipinski definition) is 2. The minimum absolute atomic E-state index is 0.237. The summed E-state index contributed by atoms with van der Waals surface area (Å²) in [5, 5.41) is 9.43. The maximum atomic E-state index is 12.2. The van der Waals surface area contributed by atoms with Crippen LogP contribution in [0.15, 0.2) is 52.2 Å². The van der Waals surface area contributed by atoms with Crippen LogP contribution in [0, 0.1) is 0 Å². The van der Waals surface area contributed by atoms with Gasteiger partial charge in [-0.3, -0.25) is 14.3 Å². The fourth-order valence-electron chi connectivity index (χ4n) is 2.79. The number of carbonyl (C=O) groups excluding carboxylic acids is 1. The number of aliphatic hydroxyl groups excluding tert-OH is 1. The molecule has 1 aromatic carbocycles. The normalized spacial score (nSPS) is 23.2. The summed E-state index contributed by atoms with van der Waals surface area (Å²) in [4.78, 5) is 37.5. The van der Waals surface area contributed by atoms with E-state index in [4.69, 9.17) is 9.47 Å². The number of nitrogens with one attached hydrogen (secondary N) is 1. The Morgan fingerprint density at radius 2 is 2.00 bits per heavy atom. The Bertz CT molecular complexity index is 844. The summed E-state index contributed by atoms with van der Waals surface area (Å²) in [6.45, 7) is -0.270. The van der Waals surface area contributed by atoms with E-state index in [0.29, 0.717) is 12.0 Å². The zero-order chi connectivity index (χ0) is 17.8. The molecule has 3 unspecified atom stereocenters. The van der Waals surface area contributed by atoms with Crippen LogP contribution in [0.25, 0.3) is 0 Å². The van der Waals surface area contributed by atoms with Gasteiger partial charge in [0.25, 0.3) is 5.56 Å². The van der Waals surface area contributed by atoms with Gasteiger partial charge in [-0.1, -0.05) is 18.2 Å². The SMILES string of the molecule is O=C(OC1CC(CO)OC(n2ccc(=O)[nH]c2=O)C1)c1ccccc1. The number of aliphatic hydroxyl groups is 1. The van der Waals surface area contributed by atoms with Gasteiger partial charge < -0.3 is 14.6 Å². The third kappa shape index (κ3) is 4.04. The molecule has 2 N–H and O–H groups in total. The van der Waals surface area contributed by atoms with Crippen molar-refractivity contribution in [3.63, 3.8) is 0 Å². The highest BCUT2D eigenvalue weighted by Gasteiger charge is 2.33. The lowest BCUT2D eigenvalue weighted by Gasteiger charge is -2.34. The van der Waals surface area contributed by atoms with Gasteiger partial charge in [0.1, 0.15) is 12.3 Å². The van der Waals surface area contributed by atoms with Crippen LogP contribution in [-0.2, 0) is 9.47 Å². The van der Waals surface area contributed by atoms with Crippen LogP contribution in [0.5, 0.6) is 0 Å². The van der Waals surface area contributed by atoms with Crippen LogP contribution in [0.4, 0.5) is 0 Å². The second-order valence-electron chi connectivity index (χ2n) is 5.78. The second-order valence-corrected chi connectivity index (χ2v) is 5.78. The number of hydrogen-bond acceptors (Lipinski definition) is 6. The predicted molar refractivity (Wildman–Crippen MR) is 87.2 cm³/mol. The van der Waals surface area contributed by atoms with Crippen LogP contribution in [0.1, 0.15) is 29.4 Å². The molecule has 0 saturated carbocycles. The average molecular weight is 346 g/mol. The summed E-state index contributed by atoms with van der Waals surface area (Å²) in [6, 6.07) is 9.77. The lowest BCUT2D eigenvalue weighted by molar-refractivity contribution is -0.145. The minimum Gasteiger partial charge on any atom is -0.458 e. The molecule has 2 heterocycles. The fourth-order valence-corrected chi connectivity index (χ4v) is 2.79. The summed E-state index contributed by atoms with van der Waals surface area (Å²) in [7, 11) is 0. The molecule has 0 bridgehead atoms. The topological polar surface area (TPSA) is 111 Å². The minimum atomic E-state index is -0.746. The Morgan fingerprint density at radius 3 is 2.68 bits per heavy atom. The number of aromatic nitrogens is 2. The number of rotatable bonds is 4. The van der Waals surface area contributed by atoms with Gasteiger partial charge in [0, 0.05) is 25.1 Å². The molecule has 3 atom stereocenters. The Morgan fingerprint density at radius 1 is 1.24 bits per heavy atom. The molecule has 1 aliphatic rings. The first-order valence-electron chi connectivity index (χ1n) is 7.90. The molecule has 0 radical (unpaired) electrons. The highest BCUT2D eigenvalue weighted by Crippen LogP contribution is 2.28. The van der Waals surface area contributed by atoms with Crippen molar-refractivity contribution in [2.45, 2.75) is 31.3 Å². The highest BCUT2D eigenvalue weighted by molar-refractivity contribution is 5.89. The van der Waals surface area contributed by atoms with Gasteiger partial charge in [0.05, 0.1) is 18.3 Å². The molecule has 1 saturated heterocycles. The van der Waals surface area contributed by atoms with E-state index in [1.165, 1.54) is 16.8 Å². The Labute approximate surface area is 142 Å². The molecule has 132 valence electrons. The Kier molecular flexibility index (Phi) is 5.11. The van der Waals surface area contributed by atoms with E-state index in [2.05, 4.69) is 4.98 Å². The number of benzene rings is 1. The summed E-state index contributed by atoms with van der Waals surface area (Å²) < 4.78 is 12.4. The van der Waals surface area contributed by atoms with E-state index >= 15 is 0 Å². The fraction of sp³-hybridized carbons (Fsp3) is 0.353. The van der Waals surface area contributed by atoms with Crippen molar-refractivity contribution < 1.29 is 19.4 Å². The molecule has 3 rings (SSSR count). The van der Waals surface area contributed by atoms with Crippen molar-refractivity contribution in [3.8, 4) is 0 Å². The lowest BCUT2D eigenvalue weighted by Crippen LogP contribution is -2.42. The summed E-state index contributed by atoms with van der Waals surface area (Å²) in [5.41, 5.74) is -0.709. The number of esters is 1. The van der Waals surface area contributed by atoms with Gasteiger partial charge in [-0.2, -0.15) is 0 Å². The van der Waals surface area contributed by atoms with Crippen molar-refractivity contribution in [1.82, 2.24) is 9.55 Å². The molecule has 0 spiro atoms. The van der Waals surface area contributed by atoms with E-state index in [0.717, 1.165) is 0 Å². The number of nitrogens with zero attached hydrogens (tertiary/aromatic N) is 1. The quantitative estimate of drug-likeness (QED) is 0.777. The predicted octanol–water partition coefficient (Wildman–Crippen LogP) is 0.432. The highest BCUT2D eigenvalue weighted by atomic mass is 16.6. The standard InChI is InChI=1S/C17H18N2O6/c20-10-13-8-12(25-16(22)11-4-2-1-3-5-11)9-15(24-13)19-7-6-14(21)18-17(19)23/h1-7,12-13,15,20H,8-10H2,(H,18,21,23). The van der Waals surface area contributed by atoms with Crippen molar-refractivity contribution in [2.24, 2.45) is 0 Å². The maximum Gasteiger partial charge on any atom is 0.338 e. The van der Waals surface area contributed by atoms with Crippen LogP contribution in [-0.4, -0.2) is 39.4 Å². The van der Waals surface area contributed by atoms with Gasteiger partial charge in [0.15, 0.2) is 0 Å². The van der Waals surface area contributed by atoms with E-state index in [1.807, 2.05) is 0 Å². The molecule has 1 fully saturated rings. The summed E-state index contributed by atoms with van der Waals surface area (Å²) >= 11 is 0. The summed E-state index contributed by atoms with van der Waals surface area (Å²) in [5.74, 6) is -0.475. The van der Waals surface area contributed by atoms with E-state index < -0.39 is 35.7 Å². The first-order chi connectivity index (χ1) is 12.1. The molecule has 25 heavy (non-hydrogen) atoms. The molecule has 8 nitrogen and oxygen atoms in total. The van der Waals surface area contributed by atoms with Gasteiger partial charge in [-0.05, 0) is 12.1 Å². The number of H-pyrrole nitrogens is 1. The molecular weight excluding hydrogens is 328 g/mol. The molecule has 1 aliphatic heterocycles. The van der Waals surface area contributed by atoms with E-state index in [9.17, 15) is 19.5 Å². The number of carbonyl (C=O) groups is 1. The first-order valence-corrected chi connectivity index (χ1v) is 7.90. The van der Waals surface area contributed by atoms with Gasteiger partial charge >= 0.3 is 11.7 Å². The Hall–Kier alpha value is -2.71. The molecule has 2 aromatic rings. The number of aromatic amines is 1. The van der Waals surface area contributed by atoms with E-state index in [-0.39, 0.29) is 13.0 Å². The van der Waals surface area contributed by atoms with Crippen molar-refractivity contribution in [3.05, 3.63) is 69.0 Å². The largest absolute Gasteiger partial charge is 0.458 e. The van der Waals surface area contributed by atoms with Crippen LogP contribution in [0.3, 0.4) is 0 Å². The van der Waals surface area contributed by atoms with Gasteiger partial charge in [0.2, 0.25) is 0 Å². The zero-order valence-electron chi connectivity index (χ0n) is 13.3. The maximum absolute atomic E-state index is 12.2. The Balaban J connectivity index is 1.77.